The minimum absolute atomic E-state index is 0.0830. The van der Waals surface area contributed by atoms with Crippen molar-refractivity contribution < 1.29 is 12.3 Å². The van der Waals surface area contributed by atoms with Gasteiger partial charge in [0.15, 0.2) is 27.8 Å². The summed E-state index contributed by atoms with van der Waals surface area (Å²) in [4.78, 5) is 15.6. The molecule has 69 heavy (non-hydrogen) atoms. The summed E-state index contributed by atoms with van der Waals surface area (Å²) in [5.41, 5.74) is 0.855. The first-order valence-electron chi connectivity index (χ1n) is 27.3. The molecule has 0 bridgehead atoms. The molecule has 6 heteroatoms. The van der Waals surface area contributed by atoms with Gasteiger partial charge in [0.25, 0.3) is 0 Å². The standard InChI is InChI=1S/C63H46N4Si2/c1-8-26-47(27-9-1)61-64-62(66-63(65-61)67-59-42-24-22-40-57(59)58-41-23-25-43-60(58)67)48-44-55(68(49-28-10-2-11-29-49,50-30-12-3-13-31-50)51-32-14-4-15-33-51)46-56(45-48)69(52-34-16-5-17-35-52,53-36-18-6-19-37-53)54-38-20-7-21-39-54/h1-46H/i1D,8D,9D,22D,24D,26D,27D,40D,42D. The number of rotatable bonds is 11. The lowest BCUT2D eigenvalue weighted by molar-refractivity contribution is 0.953. The Bertz CT molecular complexity index is 3890. The van der Waals surface area contributed by atoms with Gasteiger partial charge >= 0.3 is 0 Å². The second-order valence-corrected chi connectivity index (χ2v) is 24.5. The van der Waals surface area contributed by atoms with E-state index >= 15 is 0 Å². The highest BCUT2D eigenvalue weighted by atomic mass is 28.3. The lowest BCUT2D eigenvalue weighted by Gasteiger charge is -2.38. The Morgan fingerprint density at radius 1 is 0.304 bits per heavy atom. The van der Waals surface area contributed by atoms with Crippen molar-refractivity contribution in [3.05, 3.63) is 279 Å². The molecular weight excluding hydrogens is 869 g/mol. The molecule has 10 aromatic carbocycles. The van der Waals surface area contributed by atoms with Crippen LogP contribution in [0.3, 0.4) is 0 Å². The Morgan fingerprint density at radius 2 is 0.681 bits per heavy atom. The molecule has 0 unspecified atom stereocenters. The molecule has 0 spiro atoms. The van der Waals surface area contributed by atoms with Crippen LogP contribution in [0.25, 0.3) is 50.5 Å². The molecule has 0 amide bonds. The first kappa shape index (κ1) is 33.0. The summed E-state index contributed by atoms with van der Waals surface area (Å²) < 4.78 is 82.7. The minimum Gasteiger partial charge on any atom is -0.278 e. The van der Waals surface area contributed by atoms with Crippen LogP contribution in [0.15, 0.2) is 279 Å². The summed E-state index contributed by atoms with van der Waals surface area (Å²) in [6.45, 7) is 0. The summed E-state index contributed by atoms with van der Waals surface area (Å²) in [6.07, 6.45) is 0. The molecule has 12 aromatic rings. The van der Waals surface area contributed by atoms with E-state index < -0.39 is 58.4 Å². The average Bonchev–Trinajstić information content (AvgIpc) is 3.88. The van der Waals surface area contributed by atoms with Crippen LogP contribution in [0.2, 0.25) is 0 Å². The zero-order valence-electron chi connectivity index (χ0n) is 46.2. The second kappa shape index (κ2) is 17.9. The minimum atomic E-state index is -3.43. The Kier molecular flexibility index (Phi) is 8.57. The van der Waals surface area contributed by atoms with Crippen LogP contribution in [0.5, 0.6) is 0 Å². The third-order valence-electron chi connectivity index (χ3n) is 13.2. The van der Waals surface area contributed by atoms with E-state index in [0.717, 1.165) is 41.5 Å². The molecule has 0 aliphatic rings. The van der Waals surface area contributed by atoms with E-state index in [-0.39, 0.29) is 46.1 Å². The van der Waals surface area contributed by atoms with Crippen molar-refractivity contribution in [3.63, 3.8) is 0 Å². The SMILES string of the molecule is [2H]c1c([2H])c([2H])c(-c2nc(-c3cc([Si](c4ccccc4)(c4ccccc4)c4ccccc4)cc([Si](c4ccccc4)(c4ccccc4)c4ccccc4)c3)nc(-n3c4ccccc4c4c([2H])c([2H])c([2H])c([2H])c43)n2)c([2H])c1[2H]. The number of para-hydroxylation sites is 2. The van der Waals surface area contributed by atoms with Gasteiger partial charge in [0.2, 0.25) is 5.95 Å². The molecule has 0 radical (unpaired) electrons. The summed E-state index contributed by atoms with van der Waals surface area (Å²) in [7, 11) is -6.85. The van der Waals surface area contributed by atoms with Crippen LogP contribution in [0.4, 0.5) is 0 Å². The van der Waals surface area contributed by atoms with Gasteiger partial charge in [0, 0.05) is 21.9 Å². The molecule has 12 rings (SSSR count). The Balaban J connectivity index is 1.30. The lowest BCUT2D eigenvalue weighted by atomic mass is 10.2. The van der Waals surface area contributed by atoms with Crippen molar-refractivity contribution >= 4 is 79.4 Å². The van der Waals surface area contributed by atoms with Crippen LogP contribution in [0, 0.1) is 0 Å². The fraction of sp³-hybridized carbons (Fsp3) is 0. The molecule has 2 aromatic heterocycles. The normalized spacial score (nSPS) is 13.6. The van der Waals surface area contributed by atoms with Crippen molar-refractivity contribution in [2.75, 3.05) is 0 Å². The maximum absolute atomic E-state index is 9.41. The molecular formula is C63H46N4Si2. The largest absolute Gasteiger partial charge is 0.278 e. The highest BCUT2D eigenvalue weighted by Crippen LogP contribution is 2.32. The molecule has 0 aliphatic carbocycles. The topological polar surface area (TPSA) is 43.6 Å². The summed E-state index contributed by atoms with van der Waals surface area (Å²) in [5.74, 6) is -0.202. The smallest absolute Gasteiger partial charge is 0.238 e. The van der Waals surface area contributed by atoms with Crippen LogP contribution >= 0.6 is 0 Å². The molecule has 2 heterocycles. The van der Waals surface area contributed by atoms with Crippen LogP contribution in [-0.4, -0.2) is 35.7 Å². The molecule has 0 fully saturated rings. The van der Waals surface area contributed by atoms with E-state index in [1.165, 1.54) is 0 Å². The molecule has 0 saturated heterocycles. The maximum Gasteiger partial charge on any atom is 0.238 e. The van der Waals surface area contributed by atoms with Crippen LogP contribution < -0.4 is 41.5 Å². The van der Waals surface area contributed by atoms with Gasteiger partial charge in [-0.2, -0.15) is 9.97 Å². The number of hydrogen-bond acceptors (Lipinski definition) is 3. The van der Waals surface area contributed by atoms with Gasteiger partial charge < -0.3 is 0 Å². The predicted octanol–water partition coefficient (Wildman–Crippen LogP) is 9.06. The predicted molar refractivity (Wildman–Crippen MR) is 292 cm³/mol. The number of hydrogen-bond donors (Lipinski definition) is 0. The van der Waals surface area contributed by atoms with Gasteiger partial charge in [-0.15, -0.1) is 0 Å². The monoisotopic (exact) mass is 923 g/mol. The zero-order valence-corrected chi connectivity index (χ0v) is 39.2. The molecule has 0 saturated carbocycles. The molecule has 326 valence electrons. The van der Waals surface area contributed by atoms with E-state index in [1.807, 2.05) is 36.4 Å². The summed E-state index contributed by atoms with van der Waals surface area (Å²) >= 11 is 0. The van der Waals surface area contributed by atoms with E-state index in [1.54, 1.807) is 28.8 Å². The van der Waals surface area contributed by atoms with E-state index in [9.17, 15) is 5.48 Å². The number of aromatic nitrogens is 4. The Labute approximate surface area is 417 Å². The van der Waals surface area contributed by atoms with Crippen molar-refractivity contribution in [2.45, 2.75) is 0 Å². The van der Waals surface area contributed by atoms with Crippen LogP contribution in [0.1, 0.15) is 12.3 Å². The first-order chi connectivity index (χ1) is 38.0. The highest BCUT2D eigenvalue weighted by molar-refractivity contribution is 7.22. The zero-order chi connectivity index (χ0) is 53.9. The lowest BCUT2D eigenvalue weighted by Crippen LogP contribution is -2.78. The Hall–Kier alpha value is -8.56. The van der Waals surface area contributed by atoms with E-state index in [2.05, 4.69) is 164 Å². The van der Waals surface area contributed by atoms with E-state index in [0.29, 0.717) is 16.5 Å². The van der Waals surface area contributed by atoms with Crippen molar-refractivity contribution in [1.82, 2.24) is 19.5 Å². The molecule has 0 aliphatic heterocycles. The van der Waals surface area contributed by atoms with Crippen molar-refractivity contribution in [3.8, 4) is 28.7 Å². The molecule has 0 N–H and O–H groups in total. The third kappa shape index (κ3) is 7.17. The fourth-order valence-corrected chi connectivity index (χ4v) is 20.0. The third-order valence-corrected chi connectivity index (χ3v) is 22.7. The molecule has 0 atom stereocenters. The second-order valence-electron chi connectivity index (χ2n) is 16.9. The van der Waals surface area contributed by atoms with Gasteiger partial charge in [-0.1, -0.05) is 267 Å². The average molecular weight is 924 g/mol. The Morgan fingerprint density at radius 3 is 1.13 bits per heavy atom. The van der Waals surface area contributed by atoms with Gasteiger partial charge in [-0.3, -0.25) is 4.57 Å². The number of nitrogens with zero attached hydrogens (tertiary/aromatic N) is 4. The van der Waals surface area contributed by atoms with Gasteiger partial charge in [0.05, 0.1) is 23.4 Å². The van der Waals surface area contributed by atoms with Gasteiger partial charge in [-0.25, -0.2) is 4.98 Å². The van der Waals surface area contributed by atoms with E-state index in [4.69, 9.17) is 21.8 Å². The fourth-order valence-electron chi connectivity index (χ4n) is 10.3. The van der Waals surface area contributed by atoms with Gasteiger partial charge in [0.1, 0.15) is 0 Å². The van der Waals surface area contributed by atoms with Crippen LogP contribution in [-0.2, 0) is 0 Å². The quantitative estimate of drug-likeness (QED) is 0.0962. The summed E-state index contributed by atoms with van der Waals surface area (Å²) in [6, 6.07) is 73.2. The molecule has 4 nitrogen and oxygen atoms in total. The van der Waals surface area contributed by atoms with Gasteiger partial charge in [-0.05, 0) is 53.6 Å². The highest BCUT2D eigenvalue weighted by Gasteiger charge is 2.46. The summed E-state index contributed by atoms with van der Waals surface area (Å²) in [5, 5.41) is 9.47. The van der Waals surface area contributed by atoms with Crippen molar-refractivity contribution in [2.24, 2.45) is 0 Å². The maximum atomic E-state index is 9.41. The van der Waals surface area contributed by atoms with Crippen molar-refractivity contribution in [1.29, 1.82) is 0 Å². The number of fused-ring (bicyclic) bond motifs is 3. The number of benzene rings is 10. The first-order valence-corrected chi connectivity index (χ1v) is 26.8.